The first-order chi connectivity index (χ1) is 13.9. The van der Waals surface area contributed by atoms with E-state index in [2.05, 4.69) is 41.5 Å². The standard InChI is InChI=1S/C22H27N3O3S/c1-24(26)13-14-29(27,28)25-11-9-18(10-12-25)21-16-23-22-8-7-19(15-20(21)22)17-5-3-2-4-6-17/h2-8,15-16,18,23,26H,9-14H2,1H3. The van der Waals surface area contributed by atoms with Gasteiger partial charge in [-0.25, -0.2) is 12.7 Å². The minimum absolute atomic E-state index is 0.0574. The van der Waals surface area contributed by atoms with Crippen LogP contribution in [0.3, 0.4) is 0 Å². The van der Waals surface area contributed by atoms with Gasteiger partial charge in [-0.1, -0.05) is 36.4 Å². The molecule has 1 aliphatic heterocycles. The highest BCUT2D eigenvalue weighted by Crippen LogP contribution is 2.35. The lowest BCUT2D eigenvalue weighted by atomic mass is 9.89. The number of aromatic nitrogens is 1. The van der Waals surface area contributed by atoms with Crippen LogP contribution >= 0.6 is 0 Å². The Kier molecular flexibility index (Phi) is 5.74. The highest BCUT2D eigenvalue weighted by atomic mass is 32.2. The Bertz CT molecular complexity index is 1070. The second-order valence-electron chi connectivity index (χ2n) is 7.74. The van der Waals surface area contributed by atoms with E-state index in [1.165, 1.54) is 29.1 Å². The lowest BCUT2D eigenvalue weighted by molar-refractivity contribution is -0.0590. The Morgan fingerprint density at radius 2 is 1.83 bits per heavy atom. The number of hydroxylamine groups is 2. The number of H-pyrrole nitrogens is 1. The number of benzene rings is 2. The van der Waals surface area contributed by atoms with E-state index in [0.29, 0.717) is 19.0 Å². The molecule has 3 aromatic rings. The molecule has 0 unspecified atom stereocenters. The van der Waals surface area contributed by atoms with Gasteiger partial charge in [0, 0.05) is 43.8 Å². The first-order valence-corrected chi connectivity index (χ1v) is 11.6. The van der Waals surface area contributed by atoms with Crippen LogP contribution in [0.5, 0.6) is 0 Å². The average molecular weight is 414 g/mol. The van der Waals surface area contributed by atoms with Gasteiger partial charge in [0.2, 0.25) is 10.0 Å². The molecule has 7 heteroatoms. The zero-order chi connectivity index (χ0) is 20.4. The van der Waals surface area contributed by atoms with Gasteiger partial charge in [-0.2, -0.15) is 5.06 Å². The van der Waals surface area contributed by atoms with Crippen LogP contribution < -0.4 is 0 Å². The molecule has 1 aromatic heterocycles. The van der Waals surface area contributed by atoms with Gasteiger partial charge in [0.05, 0.1) is 5.75 Å². The average Bonchev–Trinajstić information content (AvgIpc) is 3.16. The summed E-state index contributed by atoms with van der Waals surface area (Å²) in [6.45, 7) is 1.16. The van der Waals surface area contributed by atoms with Crippen molar-refractivity contribution in [3.8, 4) is 11.1 Å². The van der Waals surface area contributed by atoms with Crippen LogP contribution in [0.25, 0.3) is 22.0 Å². The van der Waals surface area contributed by atoms with Crippen LogP contribution in [-0.2, 0) is 10.0 Å². The van der Waals surface area contributed by atoms with Gasteiger partial charge in [0.25, 0.3) is 0 Å². The number of rotatable bonds is 6. The van der Waals surface area contributed by atoms with Crippen LogP contribution in [0.1, 0.15) is 24.3 Å². The molecule has 2 N–H and O–H groups in total. The fraction of sp³-hybridized carbons (Fsp3) is 0.364. The van der Waals surface area contributed by atoms with Crippen molar-refractivity contribution in [2.45, 2.75) is 18.8 Å². The van der Waals surface area contributed by atoms with Gasteiger partial charge in [-0.15, -0.1) is 0 Å². The Hall–Kier alpha value is -2.19. The molecule has 0 amide bonds. The number of aromatic amines is 1. The zero-order valence-corrected chi connectivity index (χ0v) is 17.4. The van der Waals surface area contributed by atoms with Crippen LogP contribution in [0.4, 0.5) is 0 Å². The molecule has 1 fully saturated rings. The molecule has 2 heterocycles. The summed E-state index contributed by atoms with van der Waals surface area (Å²) in [6.07, 6.45) is 3.68. The third-order valence-electron chi connectivity index (χ3n) is 5.78. The SMILES string of the molecule is CN(O)CCS(=O)(=O)N1CCC(c2c[nH]c3ccc(-c4ccccc4)cc23)CC1. The van der Waals surface area contributed by atoms with Crippen molar-refractivity contribution in [1.29, 1.82) is 0 Å². The number of fused-ring (bicyclic) bond motifs is 1. The van der Waals surface area contributed by atoms with E-state index >= 15 is 0 Å². The lowest BCUT2D eigenvalue weighted by Gasteiger charge is -2.31. The van der Waals surface area contributed by atoms with Gasteiger partial charge in [0.1, 0.15) is 0 Å². The largest absolute Gasteiger partial charge is 0.361 e. The Labute approximate surface area is 171 Å². The second kappa shape index (κ2) is 8.28. The molecule has 0 spiro atoms. The maximum Gasteiger partial charge on any atom is 0.215 e. The van der Waals surface area contributed by atoms with Crippen molar-refractivity contribution in [2.75, 3.05) is 32.4 Å². The molecule has 0 saturated carbocycles. The zero-order valence-electron chi connectivity index (χ0n) is 16.6. The Morgan fingerprint density at radius 1 is 1.10 bits per heavy atom. The van der Waals surface area contributed by atoms with Gasteiger partial charge in [-0.05, 0) is 47.6 Å². The predicted octanol–water partition coefficient (Wildman–Crippen LogP) is 3.67. The summed E-state index contributed by atoms with van der Waals surface area (Å²) in [5, 5.41) is 11.4. The maximum absolute atomic E-state index is 12.5. The van der Waals surface area contributed by atoms with Crippen molar-refractivity contribution in [3.05, 3.63) is 60.3 Å². The number of piperidine rings is 1. The van der Waals surface area contributed by atoms with E-state index in [0.717, 1.165) is 23.4 Å². The summed E-state index contributed by atoms with van der Waals surface area (Å²) >= 11 is 0. The summed E-state index contributed by atoms with van der Waals surface area (Å²) in [4.78, 5) is 3.37. The molecule has 6 nitrogen and oxygen atoms in total. The third kappa shape index (κ3) is 4.38. The molecular formula is C22H27N3O3S. The van der Waals surface area contributed by atoms with E-state index in [-0.39, 0.29) is 12.3 Å². The molecule has 2 aromatic carbocycles. The summed E-state index contributed by atoms with van der Waals surface area (Å²) in [6, 6.07) is 16.8. The summed E-state index contributed by atoms with van der Waals surface area (Å²) in [5.41, 5.74) is 4.76. The number of nitrogens with one attached hydrogen (secondary N) is 1. The Morgan fingerprint density at radius 3 is 2.52 bits per heavy atom. The van der Waals surface area contributed by atoms with Gasteiger partial charge in [0.15, 0.2) is 0 Å². The van der Waals surface area contributed by atoms with E-state index < -0.39 is 10.0 Å². The number of hydrogen-bond donors (Lipinski definition) is 2. The lowest BCUT2D eigenvalue weighted by Crippen LogP contribution is -2.41. The minimum Gasteiger partial charge on any atom is -0.361 e. The highest BCUT2D eigenvalue weighted by molar-refractivity contribution is 7.89. The van der Waals surface area contributed by atoms with Crippen LogP contribution in [0.15, 0.2) is 54.7 Å². The molecule has 0 aliphatic carbocycles. The number of nitrogens with zero attached hydrogens (tertiary/aromatic N) is 2. The quantitative estimate of drug-likeness (QED) is 0.605. The molecular weight excluding hydrogens is 386 g/mol. The molecule has 154 valence electrons. The molecule has 4 rings (SSSR count). The van der Waals surface area contributed by atoms with Crippen molar-refractivity contribution in [2.24, 2.45) is 0 Å². The summed E-state index contributed by atoms with van der Waals surface area (Å²) in [5.74, 6) is 0.278. The van der Waals surface area contributed by atoms with Gasteiger partial charge < -0.3 is 10.2 Å². The van der Waals surface area contributed by atoms with Gasteiger partial charge in [-0.3, -0.25) is 0 Å². The molecule has 1 saturated heterocycles. The monoisotopic (exact) mass is 413 g/mol. The van der Waals surface area contributed by atoms with Crippen molar-refractivity contribution < 1.29 is 13.6 Å². The normalized spacial score (nSPS) is 16.7. The van der Waals surface area contributed by atoms with Crippen LogP contribution in [-0.4, -0.2) is 60.4 Å². The van der Waals surface area contributed by atoms with E-state index in [4.69, 9.17) is 0 Å². The highest BCUT2D eigenvalue weighted by Gasteiger charge is 2.29. The Balaban J connectivity index is 1.51. The smallest absolute Gasteiger partial charge is 0.215 e. The van der Waals surface area contributed by atoms with Crippen molar-refractivity contribution in [1.82, 2.24) is 14.4 Å². The summed E-state index contributed by atoms with van der Waals surface area (Å²) in [7, 11) is -1.87. The van der Waals surface area contributed by atoms with Crippen LogP contribution in [0, 0.1) is 0 Å². The first kappa shape index (κ1) is 20.1. The third-order valence-corrected chi connectivity index (χ3v) is 7.63. The van der Waals surface area contributed by atoms with Crippen molar-refractivity contribution >= 4 is 20.9 Å². The minimum atomic E-state index is -3.33. The van der Waals surface area contributed by atoms with Crippen molar-refractivity contribution in [3.63, 3.8) is 0 Å². The van der Waals surface area contributed by atoms with Gasteiger partial charge >= 0.3 is 0 Å². The molecule has 0 radical (unpaired) electrons. The van der Waals surface area contributed by atoms with E-state index in [9.17, 15) is 13.6 Å². The number of sulfonamides is 1. The second-order valence-corrected chi connectivity index (χ2v) is 9.83. The molecule has 29 heavy (non-hydrogen) atoms. The number of hydrogen-bond acceptors (Lipinski definition) is 4. The van der Waals surface area contributed by atoms with E-state index in [1.54, 1.807) is 4.31 Å². The van der Waals surface area contributed by atoms with E-state index in [1.807, 2.05) is 18.2 Å². The topological polar surface area (TPSA) is 76.6 Å². The fourth-order valence-corrected chi connectivity index (χ4v) is 5.63. The van der Waals surface area contributed by atoms with Crippen LogP contribution in [0.2, 0.25) is 0 Å². The first-order valence-electron chi connectivity index (χ1n) is 9.98. The molecule has 1 aliphatic rings. The maximum atomic E-state index is 12.5. The predicted molar refractivity (Wildman–Crippen MR) is 115 cm³/mol. The summed E-state index contributed by atoms with van der Waals surface area (Å²) < 4.78 is 26.5. The molecule has 0 bridgehead atoms. The molecule has 0 atom stereocenters. The fourth-order valence-electron chi connectivity index (χ4n) is 4.11.